The summed E-state index contributed by atoms with van der Waals surface area (Å²) in [7, 11) is -3.47. The minimum Gasteiger partial charge on any atom is -0.261 e. The molecule has 0 spiro atoms. The predicted molar refractivity (Wildman–Crippen MR) is 82.3 cm³/mol. The number of aromatic nitrogens is 2. The lowest BCUT2D eigenvalue weighted by atomic mass is 10.1. The van der Waals surface area contributed by atoms with E-state index in [0.717, 1.165) is 5.56 Å². The van der Waals surface area contributed by atoms with Crippen LogP contribution in [0.1, 0.15) is 17.3 Å². The van der Waals surface area contributed by atoms with Crippen molar-refractivity contribution in [1.82, 2.24) is 9.97 Å². The first kappa shape index (κ1) is 14.6. The number of hydrogen-bond acceptors (Lipinski definition) is 4. The fourth-order valence-electron chi connectivity index (χ4n) is 2.57. The fraction of sp³-hybridized carbons (Fsp3) is 0.231. The first-order valence-electron chi connectivity index (χ1n) is 6.13. The zero-order valence-electron chi connectivity index (χ0n) is 11.0. The molecular weight excluding hydrogens is 333 g/mol. The van der Waals surface area contributed by atoms with Crippen LogP contribution in [-0.4, -0.2) is 24.6 Å². The van der Waals surface area contributed by atoms with Crippen LogP contribution >= 0.6 is 23.2 Å². The minimum absolute atomic E-state index is 0.0406. The summed E-state index contributed by atoms with van der Waals surface area (Å²) in [4.78, 5) is 7.92. The largest absolute Gasteiger partial charge is 0.261 e. The highest BCUT2D eigenvalue weighted by atomic mass is 35.5. The van der Waals surface area contributed by atoms with E-state index >= 15 is 0 Å². The Balaban J connectivity index is 2.18. The lowest BCUT2D eigenvalue weighted by Crippen LogP contribution is -2.31. The van der Waals surface area contributed by atoms with Crippen molar-refractivity contribution in [3.63, 3.8) is 0 Å². The molecule has 2 aromatic rings. The van der Waals surface area contributed by atoms with Crippen LogP contribution in [0.2, 0.25) is 10.3 Å². The second kappa shape index (κ2) is 5.12. The van der Waals surface area contributed by atoms with E-state index < -0.39 is 16.1 Å². The molecule has 1 aliphatic heterocycles. The molecular formula is C13H11Cl2N3O2S. The van der Waals surface area contributed by atoms with Gasteiger partial charge < -0.3 is 0 Å². The smallest absolute Gasteiger partial charge is 0.232 e. The van der Waals surface area contributed by atoms with Gasteiger partial charge in [0.1, 0.15) is 0 Å². The Bertz CT molecular complexity index is 811. The molecule has 0 aliphatic carbocycles. The van der Waals surface area contributed by atoms with Gasteiger partial charge in [0.2, 0.25) is 15.3 Å². The zero-order valence-corrected chi connectivity index (χ0v) is 13.3. The molecule has 0 amide bonds. The fourth-order valence-corrected chi connectivity index (χ4v) is 4.10. The van der Waals surface area contributed by atoms with Crippen molar-refractivity contribution in [1.29, 1.82) is 0 Å². The molecule has 2 heterocycles. The molecule has 0 fully saturated rings. The first-order valence-corrected chi connectivity index (χ1v) is 8.73. The maximum Gasteiger partial charge on any atom is 0.232 e. The number of benzene rings is 1. The van der Waals surface area contributed by atoms with E-state index in [1.807, 2.05) is 12.1 Å². The molecule has 3 rings (SSSR count). The summed E-state index contributed by atoms with van der Waals surface area (Å²) >= 11 is 11.9. The van der Waals surface area contributed by atoms with E-state index in [2.05, 4.69) is 9.97 Å². The summed E-state index contributed by atoms with van der Waals surface area (Å²) in [6.45, 7) is 0. The molecule has 21 heavy (non-hydrogen) atoms. The Morgan fingerprint density at radius 2 is 2.00 bits per heavy atom. The number of para-hydroxylation sites is 1. The molecule has 1 unspecified atom stereocenters. The Labute approximate surface area is 132 Å². The Kier molecular flexibility index (Phi) is 3.55. The minimum atomic E-state index is -3.47. The standard InChI is InChI=1S/C13H11Cl2N3O2S/c1-21(19,20)18-10-5-3-2-4-8(10)6-11(18)12-9(14)7-16-13(15)17-12/h2-5,7,11H,6H2,1H3. The van der Waals surface area contributed by atoms with Crippen molar-refractivity contribution in [2.75, 3.05) is 10.6 Å². The molecule has 5 nitrogen and oxygen atoms in total. The van der Waals surface area contributed by atoms with Gasteiger partial charge in [0.25, 0.3) is 0 Å². The van der Waals surface area contributed by atoms with Crippen molar-refractivity contribution in [2.45, 2.75) is 12.5 Å². The van der Waals surface area contributed by atoms with Crippen LogP contribution in [0.4, 0.5) is 5.69 Å². The SMILES string of the molecule is CS(=O)(=O)N1c2ccccc2CC1c1nc(Cl)ncc1Cl. The van der Waals surface area contributed by atoms with Gasteiger partial charge in [-0.2, -0.15) is 0 Å². The third kappa shape index (κ3) is 2.59. The van der Waals surface area contributed by atoms with Crippen LogP contribution in [0.5, 0.6) is 0 Å². The number of anilines is 1. The predicted octanol–water partition coefficient (Wildman–Crippen LogP) is 2.85. The molecule has 1 aromatic carbocycles. The third-order valence-corrected chi connectivity index (χ3v) is 4.98. The zero-order chi connectivity index (χ0) is 15.2. The molecule has 8 heteroatoms. The molecule has 110 valence electrons. The van der Waals surface area contributed by atoms with E-state index in [1.54, 1.807) is 12.1 Å². The molecule has 0 saturated heterocycles. The molecule has 0 N–H and O–H groups in total. The number of sulfonamides is 1. The van der Waals surface area contributed by atoms with Gasteiger partial charge in [-0.05, 0) is 23.2 Å². The van der Waals surface area contributed by atoms with Gasteiger partial charge in [0.15, 0.2) is 0 Å². The van der Waals surface area contributed by atoms with E-state index in [4.69, 9.17) is 23.2 Å². The summed E-state index contributed by atoms with van der Waals surface area (Å²) in [6, 6.07) is 6.83. The summed E-state index contributed by atoms with van der Waals surface area (Å²) in [5.41, 5.74) is 1.99. The Morgan fingerprint density at radius 3 is 2.71 bits per heavy atom. The van der Waals surface area contributed by atoms with Crippen molar-refractivity contribution in [3.8, 4) is 0 Å². The monoisotopic (exact) mass is 343 g/mol. The highest BCUT2D eigenvalue weighted by Gasteiger charge is 2.38. The van der Waals surface area contributed by atoms with Crippen LogP contribution in [0.15, 0.2) is 30.5 Å². The van der Waals surface area contributed by atoms with Crippen LogP contribution < -0.4 is 4.31 Å². The topological polar surface area (TPSA) is 63.2 Å². The average Bonchev–Trinajstić information content (AvgIpc) is 2.80. The normalized spacial score (nSPS) is 17.9. The van der Waals surface area contributed by atoms with Crippen LogP contribution in [0.3, 0.4) is 0 Å². The van der Waals surface area contributed by atoms with Crippen molar-refractivity contribution in [2.24, 2.45) is 0 Å². The van der Waals surface area contributed by atoms with Crippen molar-refractivity contribution < 1.29 is 8.42 Å². The molecule has 1 aromatic heterocycles. The summed E-state index contributed by atoms with van der Waals surface area (Å²) in [5, 5.41) is 0.338. The molecule has 1 aliphatic rings. The second-order valence-electron chi connectivity index (χ2n) is 4.78. The number of halogens is 2. The average molecular weight is 344 g/mol. The van der Waals surface area contributed by atoms with E-state index in [1.165, 1.54) is 16.8 Å². The van der Waals surface area contributed by atoms with Crippen LogP contribution in [0.25, 0.3) is 0 Å². The highest BCUT2D eigenvalue weighted by molar-refractivity contribution is 7.92. The third-order valence-electron chi connectivity index (χ3n) is 3.34. The lowest BCUT2D eigenvalue weighted by Gasteiger charge is -2.25. The van der Waals surface area contributed by atoms with Gasteiger partial charge in [-0.25, -0.2) is 18.4 Å². The van der Waals surface area contributed by atoms with Crippen LogP contribution in [0, 0.1) is 0 Å². The molecule has 1 atom stereocenters. The number of fused-ring (bicyclic) bond motifs is 1. The number of hydrogen-bond donors (Lipinski definition) is 0. The Morgan fingerprint density at radius 1 is 1.29 bits per heavy atom. The van der Waals surface area contributed by atoms with Crippen LogP contribution in [-0.2, 0) is 16.4 Å². The molecule has 0 bridgehead atoms. The van der Waals surface area contributed by atoms with Gasteiger partial charge in [-0.3, -0.25) is 4.31 Å². The first-order chi connectivity index (χ1) is 9.88. The number of rotatable bonds is 2. The summed E-state index contributed by atoms with van der Waals surface area (Å²) in [6.07, 6.45) is 3.05. The van der Waals surface area contributed by atoms with E-state index in [9.17, 15) is 8.42 Å². The highest BCUT2D eigenvalue weighted by Crippen LogP contribution is 2.43. The Hall–Kier alpha value is -1.37. The maximum absolute atomic E-state index is 12.2. The van der Waals surface area contributed by atoms with Gasteiger partial charge in [-0.15, -0.1) is 0 Å². The summed E-state index contributed by atoms with van der Waals surface area (Å²) < 4.78 is 25.7. The van der Waals surface area contributed by atoms with E-state index in [-0.39, 0.29) is 5.28 Å². The maximum atomic E-state index is 12.2. The van der Waals surface area contributed by atoms with Gasteiger partial charge >= 0.3 is 0 Å². The van der Waals surface area contributed by atoms with E-state index in [0.29, 0.717) is 22.8 Å². The molecule has 0 saturated carbocycles. The van der Waals surface area contributed by atoms with Gasteiger partial charge in [0.05, 0.1) is 34.9 Å². The molecule has 0 radical (unpaired) electrons. The van der Waals surface area contributed by atoms with Gasteiger partial charge in [0, 0.05) is 6.42 Å². The van der Waals surface area contributed by atoms with Crippen molar-refractivity contribution in [3.05, 3.63) is 52.0 Å². The summed E-state index contributed by atoms with van der Waals surface area (Å²) in [5.74, 6) is 0. The van der Waals surface area contributed by atoms with Crippen molar-refractivity contribution >= 4 is 38.9 Å². The van der Waals surface area contributed by atoms with Gasteiger partial charge in [-0.1, -0.05) is 29.8 Å². The second-order valence-corrected chi connectivity index (χ2v) is 7.38. The quantitative estimate of drug-likeness (QED) is 0.786. The lowest BCUT2D eigenvalue weighted by molar-refractivity contribution is 0.586. The number of nitrogens with zero attached hydrogens (tertiary/aromatic N) is 3.